The second-order valence-electron chi connectivity index (χ2n) is 2.31. The van der Waals surface area contributed by atoms with E-state index < -0.39 is 5.82 Å². The van der Waals surface area contributed by atoms with Gasteiger partial charge in [0.05, 0.1) is 11.0 Å². The van der Waals surface area contributed by atoms with Gasteiger partial charge in [-0.3, -0.25) is 0 Å². The number of fused-ring (bicyclic) bond motifs is 1. The van der Waals surface area contributed by atoms with Gasteiger partial charge in [-0.2, -0.15) is 0 Å². The SMILES string of the molecule is Fc1cc2[nH]c(Cl)cc2nc1Br. The quantitative estimate of drug-likeness (QED) is 0.714. The van der Waals surface area contributed by atoms with E-state index in [0.29, 0.717) is 16.2 Å². The van der Waals surface area contributed by atoms with Crippen molar-refractivity contribution < 1.29 is 4.39 Å². The summed E-state index contributed by atoms with van der Waals surface area (Å²) in [6, 6.07) is 2.99. The van der Waals surface area contributed by atoms with Crippen LogP contribution in [-0.4, -0.2) is 9.97 Å². The van der Waals surface area contributed by atoms with E-state index in [9.17, 15) is 4.39 Å². The molecule has 0 aliphatic carbocycles. The number of nitrogens with zero attached hydrogens (tertiary/aromatic N) is 1. The lowest BCUT2D eigenvalue weighted by Crippen LogP contribution is -1.82. The van der Waals surface area contributed by atoms with Crippen molar-refractivity contribution in [2.45, 2.75) is 0 Å². The number of aromatic nitrogens is 2. The van der Waals surface area contributed by atoms with Crippen LogP contribution in [0.15, 0.2) is 16.7 Å². The maximum absolute atomic E-state index is 12.9. The van der Waals surface area contributed by atoms with Crippen molar-refractivity contribution in [3.05, 3.63) is 27.7 Å². The molecule has 2 rings (SSSR count). The molecule has 0 fully saturated rings. The molecule has 0 saturated heterocycles. The Morgan fingerprint density at radius 2 is 2.25 bits per heavy atom. The molecule has 0 aliphatic rings. The van der Waals surface area contributed by atoms with Crippen LogP contribution < -0.4 is 0 Å². The molecule has 0 aromatic carbocycles. The number of hydrogen-bond acceptors (Lipinski definition) is 1. The van der Waals surface area contributed by atoms with Gasteiger partial charge in [0.25, 0.3) is 0 Å². The van der Waals surface area contributed by atoms with Crippen LogP contribution in [-0.2, 0) is 0 Å². The van der Waals surface area contributed by atoms with Crippen molar-refractivity contribution in [1.82, 2.24) is 9.97 Å². The summed E-state index contributed by atoms with van der Waals surface area (Å²) in [5.41, 5.74) is 1.24. The molecule has 0 spiro atoms. The topological polar surface area (TPSA) is 28.7 Å². The van der Waals surface area contributed by atoms with Gasteiger partial charge in [-0.1, -0.05) is 11.6 Å². The average Bonchev–Trinajstić information content (AvgIpc) is 2.30. The van der Waals surface area contributed by atoms with Gasteiger partial charge >= 0.3 is 0 Å². The highest BCUT2D eigenvalue weighted by atomic mass is 79.9. The molecular formula is C7H3BrClFN2. The van der Waals surface area contributed by atoms with E-state index in [1.807, 2.05) is 0 Å². The second-order valence-corrected chi connectivity index (χ2v) is 3.47. The van der Waals surface area contributed by atoms with Crippen LogP contribution >= 0.6 is 27.5 Å². The van der Waals surface area contributed by atoms with E-state index in [0.717, 1.165) is 0 Å². The minimum absolute atomic E-state index is 0.200. The van der Waals surface area contributed by atoms with Gasteiger partial charge in [-0.05, 0) is 15.9 Å². The molecule has 2 nitrogen and oxygen atoms in total. The highest BCUT2D eigenvalue weighted by Gasteiger charge is 2.05. The minimum atomic E-state index is -0.402. The summed E-state index contributed by atoms with van der Waals surface area (Å²) in [5, 5.41) is 0.454. The Kier molecular flexibility index (Phi) is 1.81. The molecule has 12 heavy (non-hydrogen) atoms. The van der Waals surface area contributed by atoms with E-state index in [2.05, 4.69) is 25.9 Å². The van der Waals surface area contributed by atoms with Gasteiger partial charge in [0.1, 0.15) is 9.76 Å². The van der Waals surface area contributed by atoms with Crippen molar-refractivity contribution in [3.8, 4) is 0 Å². The van der Waals surface area contributed by atoms with Gasteiger partial charge in [0.15, 0.2) is 5.82 Å². The van der Waals surface area contributed by atoms with Crippen molar-refractivity contribution in [1.29, 1.82) is 0 Å². The first-order valence-corrected chi connectivity index (χ1v) is 4.34. The zero-order valence-corrected chi connectivity index (χ0v) is 8.08. The third kappa shape index (κ3) is 1.21. The minimum Gasteiger partial charge on any atom is -0.344 e. The van der Waals surface area contributed by atoms with Crippen LogP contribution in [0.2, 0.25) is 5.15 Å². The molecule has 2 aromatic rings. The van der Waals surface area contributed by atoms with Crippen LogP contribution in [0.5, 0.6) is 0 Å². The molecule has 0 amide bonds. The van der Waals surface area contributed by atoms with Crippen molar-refractivity contribution >= 4 is 38.6 Å². The zero-order chi connectivity index (χ0) is 8.72. The molecule has 2 aromatic heterocycles. The molecule has 0 atom stereocenters. The third-order valence-corrected chi connectivity index (χ3v) is 2.24. The first-order valence-electron chi connectivity index (χ1n) is 3.17. The van der Waals surface area contributed by atoms with Gasteiger partial charge in [0, 0.05) is 12.1 Å². The smallest absolute Gasteiger partial charge is 0.158 e. The fourth-order valence-corrected chi connectivity index (χ4v) is 1.49. The Morgan fingerprint density at radius 1 is 1.50 bits per heavy atom. The normalized spacial score (nSPS) is 10.9. The molecule has 5 heteroatoms. The first kappa shape index (κ1) is 8.01. The number of aromatic amines is 1. The summed E-state index contributed by atoms with van der Waals surface area (Å²) in [4.78, 5) is 6.69. The van der Waals surface area contributed by atoms with Crippen LogP contribution in [0.4, 0.5) is 4.39 Å². The lowest BCUT2D eigenvalue weighted by atomic mass is 10.4. The first-order chi connectivity index (χ1) is 5.66. The van der Waals surface area contributed by atoms with Crippen LogP contribution in [0.25, 0.3) is 11.0 Å². The monoisotopic (exact) mass is 248 g/mol. The molecule has 0 bridgehead atoms. The summed E-state index contributed by atoms with van der Waals surface area (Å²) in [5.74, 6) is -0.402. The molecular weight excluding hydrogens is 246 g/mol. The largest absolute Gasteiger partial charge is 0.344 e. The van der Waals surface area contributed by atoms with E-state index in [1.54, 1.807) is 6.07 Å². The Morgan fingerprint density at radius 3 is 3.00 bits per heavy atom. The molecule has 0 aliphatic heterocycles. The molecule has 0 unspecified atom stereocenters. The van der Waals surface area contributed by atoms with Gasteiger partial charge < -0.3 is 4.98 Å². The van der Waals surface area contributed by atoms with Crippen molar-refractivity contribution in [2.75, 3.05) is 0 Å². The second kappa shape index (κ2) is 2.71. The summed E-state index contributed by atoms with van der Waals surface area (Å²) < 4.78 is 13.1. The predicted octanol–water partition coefficient (Wildman–Crippen LogP) is 3.12. The lowest BCUT2D eigenvalue weighted by Gasteiger charge is -1.92. The standard InChI is InChI=1S/C7H3BrClFN2/c8-7-3(10)1-4-5(12-7)2-6(9)11-4/h1-2,11H. The molecule has 0 saturated carbocycles. The fourth-order valence-electron chi connectivity index (χ4n) is 0.975. The molecule has 0 radical (unpaired) electrons. The number of H-pyrrole nitrogens is 1. The molecule has 62 valence electrons. The maximum atomic E-state index is 12.9. The van der Waals surface area contributed by atoms with E-state index >= 15 is 0 Å². The number of halogens is 3. The number of rotatable bonds is 0. The van der Waals surface area contributed by atoms with Crippen molar-refractivity contribution in [2.24, 2.45) is 0 Å². The van der Waals surface area contributed by atoms with E-state index in [1.165, 1.54) is 6.07 Å². The van der Waals surface area contributed by atoms with Crippen LogP contribution in [0.3, 0.4) is 0 Å². The van der Waals surface area contributed by atoms with E-state index in [4.69, 9.17) is 11.6 Å². The van der Waals surface area contributed by atoms with Gasteiger partial charge in [-0.25, -0.2) is 9.37 Å². The number of hydrogen-bond donors (Lipinski definition) is 1. The molecule has 1 N–H and O–H groups in total. The summed E-state index contributed by atoms with van der Waals surface area (Å²) >= 11 is 8.64. The Hall–Kier alpha value is -0.610. The Labute approximate surface area is 80.9 Å². The van der Waals surface area contributed by atoms with Crippen molar-refractivity contribution in [3.63, 3.8) is 0 Å². The third-order valence-electron chi connectivity index (χ3n) is 1.48. The highest BCUT2D eigenvalue weighted by Crippen LogP contribution is 2.21. The van der Waals surface area contributed by atoms with Crippen LogP contribution in [0.1, 0.15) is 0 Å². The highest BCUT2D eigenvalue weighted by molar-refractivity contribution is 9.10. The van der Waals surface area contributed by atoms with Gasteiger partial charge in [-0.15, -0.1) is 0 Å². The predicted molar refractivity (Wildman–Crippen MR) is 48.8 cm³/mol. The maximum Gasteiger partial charge on any atom is 0.158 e. The summed E-state index contributed by atoms with van der Waals surface area (Å²) in [6.45, 7) is 0. The van der Waals surface area contributed by atoms with Crippen LogP contribution in [0, 0.1) is 5.82 Å². The number of nitrogens with one attached hydrogen (secondary N) is 1. The zero-order valence-electron chi connectivity index (χ0n) is 5.74. The summed E-state index contributed by atoms with van der Waals surface area (Å²) in [6.07, 6.45) is 0. The Bertz CT molecular complexity index is 401. The fraction of sp³-hybridized carbons (Fsp3) is 0. The van der Waals surface area contributed by atoms with E-state index in [-0.39, 0.29) is 4.60 Å². The average molecular weight is 249 g/mol. The molecule has 2 heterocycles. The lowest BCUT2D eigenvalue weighted by molar-refractivity contribution is 0.616. The summed E-state index contributed by atoms with van der Waals surface area (Å²) in [7, 11) is 0. The Balaban J connectivity index is 2.83. The van der Waals surface area contributed by atoms with Gasteiger partial charge in [0.2, 0.25) is 0 Å². The number of pyridine rings is 1.